The molecule has 122 valence electrons. The van der Waals surface area contributed by atoms with E-state index in [2.05, 4.69) is 9.88 Å². The first-order valence-electron chi connectivity index (χ1n) is 7.54. The molecule has 0 aliphatic carbocycles. The first kappa shape index (κ1) is 15.4. The van der Waals surface area contributed by atoms with Gasteiger partial charge in [-0.15, -0.1) is 0 Å². The molecule has 1 fully saturated rings. The van der Waals surface area contributed by atoms with Crippen molar-refractivity contribution in [3.63, 3.8) is 0 Å². The topological polar surface area (TPSA) is 60.9 Å². The third kappa shape index (κ3) is 2.54. The predicted molar refractivity (Wildman–Crippen MR) is 87.2 cm³/mol. The molecule has 1 saturated heterocycles. The average Bonchev–Trinajstić information content (AvgIpc) is 3.08. The van der Waals surface area contributed by atoms with Gasteiger partial charge in [-0.3, -0.25) is 4.98 Å². The van der Waals surface area contributed by atoms with E-state index < -0.39 is 0 Å². The highest BCUT2D eigenvalue weighted by molar-refractivity contribution is 6.00. The molecule has 0 bridgehead atoms. The Morgan fingerprint density at radius 3 is 2.83 bits per heavy atom. The summed E-state index contributed by atoms with van der Waals surface area (Å²) >= 11 is 0. The van der Waals surface area contributed by atoms with Gasteiger partial charge < -0.3 is 19.1 Å². The molecule has 2 aromatic rings. The first-order valence-corrected chi connectivity index (χ1v) is 7.54. The van der Waals surface area contributed by atoms with E-state index in [0.717, 1.165) is 35.8 Å². The van der Waals surface area contributed by atoms with Gasteiger partial charge >= 0.3 is 5.97 Å². The molecule has 1 aliphatic rings. The Hall–Kier alpha value is -2.50. The summed E-state index contributed by atoms with van der Waals surface area (Å²) < 4.78 is 16.0. The molecule has 1 aromatic heterocycles. The summed E-state index contributed by atoms with van der Waals surface area (Å²) in [5.41, 5.74) is 0.858. The van der Waals surface area contributed by atoms with E-state index in [1.54, 1.807) is 26.6 Å². The van der Waals surface area contributed by atoms with Crippen LogP contribution in [0.3, 0.4) is 0 Å². The highest BCUT2D eigenvalue weighted by atomic mass is 16.5. The summed E-state index contributed by atoms with van der Waals surface area (Å²) in [4.78, 5) is 18.4. The van der Waals surface area contributed by atoms with Crippen LogP contribution in [-0.2, 0) is 9.53 Å². The average molecular weight is 316 g/mol. The van der Waals surface area contributed by atoms with Crippen molar-refractivity contribution in [3.8, 4) is 11.5 Å². The van der Waals surface area contributed by atoms with Crippen molar-refractivity contribution in [2.24, 2.45) is 0 Å². The van der Waals surface area contributed by atoms with Crippen molar-refractivity contribution < 1.29 is 19.0 Å². The van der Waals surface area contributed by atoms with Crippen LogP contribution in [0, 0.1) is 0 Å². The molecule has 1 atom stereocenters. The molecule has 0 spiro atoms. The molecule has 1 aromatic carbocycles. The zero-order chi connectivity index (χ0) is 16.4. The van der Waals surface area contributed by atoms with Crippen molar-refractivity contribution in [2.45, 2.75) is 18.9 Å². The zero-order valence-electron chi connectivity index (χ0n) is 13.5. The van der Waals surface area contributed by atoms with Gasteiger partial charge in [-0.2, -0.15) is 0 Å². The Labute approximate surface area is 135 Å². The second-order valence-electron chi connectivity index (χ2n) is 5.43. The first-order chi connectivity index (χ1) is 11.2. The Morgan fingerprint density at radius 1 is 1.30 bits per heavy atom. The molecule has 0 radical (unpaired) electrons. The molecule has 0 N–H and O–H groups in total. The number of methoxy groups -OCH3 is 3. The summed E-state index contributed by atoms with van der Waals surface area (Å²) in [6.45, 7) is 0.765. The second kappa shape index (κ2) is 6.32. The Balaban J connectivity index is 2.23. The fraction of sp³-hybridized carbons (Fsp3) is 0.412. The van der Waals surface area contributed by atoms with Crippen LogP contribution in [0.4, 0.5) is 5.69 Å². The van der Waals surface area contributed by atoms with Gasteiger partial charge in [-0.05, 0) is 25.0 Å². The van der Waals surface area contributed by atoms with Crippen LogP contribution >= 0.6 is 0 Å². The third-order valence-electron chi connectivity index (χ3n) is 4.27. The third-order valence-corrected chi connectivity index (χ3v) is 4.27. The van der Waals surface area contributed by atoms with Crippen molar-refractivity contribution in [1.29, 1.82) is 0 Å². The van der Waals surface area contributed by atoms with Gasteiger partial charge in [0.1, 0.15) is 6.04 Å². The maximum Gasteiger partial charge on any atom is 0.328 e. The SMILES string of the molecule is COC(=O)C1CCCN1c1c(OC)c(OC)cc2cnccc12. The summed E-state index contributed by atoms with van der Waals surface area (Å²) in [6.07, 6.45) is 5.21. The Kier molecular flexibility index (Phi) is 4.23. The normalized spacial score (nSPS) is 17.3. The molecule has 6 heteroatoms. The summed E-state index contributed by atoms with van der Waals surface area (Å²) in [7, 11) is 4.63. The van der Waals surface area contributed by atoms with Gasteiger partial charge in [0.2, 0.25) is 0 Å². The molecule has 6 nitrogen and oxygen atoms in total. The lowest BCUT2D eigenvalue weighted by Crippen LogP contribution is -2.37. The van der Waals surface area contributed by atoms with E-state index in [1.165, 1.54) is 7.11 Å². The fourth-order valence-electron chi connectivity index (χ4n) is 3.23. The Bertz CT molecular complexity index is 732. The standard InChI is InChI=1S/C17H20N2O4/c1-21-14-9-11-10-18-7-6-12(11)15(16(14)22-2)19-8-4-5-13(19)17(20)23-3/h6-7,9-10,13H,4-5,8H2,1-3H3. The van der Waals surface area contributed by atoms with Crippen LogP contribution in [0.5, 0.6) is 11.5 Å². The molecule has 1 unspecified atom stereocenters. The lowest BCUT2D eigenvalue weighted by molar-refractivity contribution is -0.141. The van der Waals surface area contributed by atoms with Crippen LogP contribution < -0.4 is 14.4 Å². The predicted octanol–water partition coefficient (Wildman–Crippen LogP) is 2.39. The largest absolute Gasteiger partial charge is 0.493 e. The van der Waals surface area contributed by atoms with Gasteiger partial charge in [0.05, 0.1) is 27.0 Å². The minimum atomic E-state index is -0.308. The number of nitrogens with zero attached hydrogens (tertiary/aromatic N) is 2. The van der Waals surface area contributed by atoms with Gasteiger partial charge in [0.25, 0.3) is 0 Å². The highest BCUT2D eigenvalue weighted by Gasteiger charge is 2.35. The molecule has 2 heterocycles. The van der Waals surface area contributed by atoms with Crippen LogP contribution in [-0.4, -0.2) is 44.9 Å². The number of carbonyl (C=O) groups is 1. The minimum absolute atomic E-state index is 0.227. The van der Waals surface area contributed by atoms with E-state index in [9.17, 15) is 4.79 Å². The van der Waals surface area contributed by atoms with E-state index in [0.29, 0.717) is 11.5 Å². The second-order valence-corrected chi connectivity index (χ2v) is 5.43. The number of ether oxygens (including phenoxy) is 3. The van der Waals surface area contributed by atoms with Crippen molar-refractivity contribution in [1.82, 2.24) is 4.98 Å². The molecule has 0 amide bonds. The van der Waals surface area contributed by atoms with E-state index in [1.807, 2.05) is 12.1 Å². The maximum atomic E-state index is 12.1. The fourth-order valence-corrected chi connectivity index (χ4v) is 3.23. The smallest absolute Gasteiger partial charge is 0.328 e. The zero-order valence-corrected chi connectivity index (χ0v) is 13.5. The molecule has 1 aliphatic heterocycles. The number of benzene rings is 1. The van der Waals surface area contributed by atoms with Crippen LogP contribution in [0.15, 0.2) is 24.5 Å². The number of rotatable bonds is 4. The van der Waals surface area contributed by atoms with Gasteiger partial charge in [-0.25, -0.2) is 4.79 Å². The van der Waals surface area contributed by atoms with Gasteiger partial charge in [0, 0.05) is 29.7 Å². The van der Waals surface area contributed by atoms with Crippen molar-refractivity contribution >= 4 is 22.4 Å². The molecule has 0 saturated carbocycles. The number of fused-ring (bicyclic) bond motifs is 1. The Morgan fingerprint density at radius 2 is 2.13 bits per heavy atom. The summed E-state index contributed by atoms with van der Waals surface area (Å²) in [5.74, 6) is 1.02. The summed E-state index contributed by atoms with van der Waals surface area (Å²) in [5, 5.41) is 1.92. The minimum Gasteiger partial charge on any atom is -0.493 e. The van der Waals surface area contributed by atoms with E-state index in [4.69, 9.17) is 14.2 Å². The number of anilines is 1. The van der Waals surface area contributed by atoms with Crippen LogP contribution in [0.1, 0.15) is 12.8 Å². The van der Waals surface area contributed by atoms with E-state index >= 15 is 0 Å². The monoisotopic (exact) mass is 316 g/mol. The number of hydrogen-bond donors (Lipinski definition) is 0. The van der Waals surface area contributed by atoms with Gasteiger partial charge in [0.15, 0.2) is 11.5 Å². The number of carbonyl (C=O) groups excluding carboxylic acids is 1. The number of aromatic nitrogens is 1. The number of pyridine rings is 1. The van der Waals surface area contributed by atoms with Crippen LogP contribution in [0.2, 0.25) is 0 Å². The molecule has 3 rings (SSSR count). The van der Waals surface area contributed by atoms with E-state index in [-0.39, 0.29) is 12.0 Å². The van der Waals surface area contributed by atoms with Crippen molar-refractivity contribution in [2.75, 3.05) is 32.8 Å². The molecule has 23 heavy (non-hydrogen) atoms. The lowest BCUT2D eigenvalue weighted by atomic mass is 10.1. The number of hydrogen-bond acceptors (Lipinski definition) is 6. The molecular weight excluding hydrogens is 296 g/mol. The maximum absolute atomic E-state index is 12.1. The lowest BCUT2D eigenvalue weighted by Gasteiger charge is -2.28. The quantitative estimate of drug-likeness (QED) is 0.807. The highest BCUT2D eigenvalue weighted by Crippen LogP contribution is 2.45. The molecular formula is C17H20N2O4. The number of esters is 1. The van der Waals surface area contributed by atoms with Gasteiger partial charge in [-0.1, -0.05) is 0 Å². The van der Waals surface area contributed by atoms with Crippen LogP contribution in [0.25, 0.3) is 10.8 Å². The van der Waals surface area contributed by atoms with Crippen molar-refractivity contribution in [3.05, 3.63) is 24.5 Å². The summed E-state index contributed by atoms with van der Waals surface area (Å²) in [6, 6.07) is 3.52.